The Morgan fingerprint density at radius 2 is 2.00 bits per heavy atom. The van der Waals surface area contributed by atoms with Gasteiger partial charge >= 0.3 is 0 Å². The molecule has 0 atom stereocenters. The molecule has 1 aliphatic carbocycles. The van der Waals surface area contributed by atoms with Gasteiger partial charge in [-0.15, -0.1) is 0 Å². The van der Waals surface area contributed by atoms with Crippen LogP contribution in [-0.2, 0) is 10.0 Å². The molecule has 1 heterocycles. The Kier molecular flexibility index (Phi) is 3.69. The number of aromatic nitrogens is 1. The molecule has 6 nitrogen and oxygen atoms in total. The number of hydrogen-bond donors (Lipinski definition) is 1. The first-order chi connectivity index (χ1) is 8.88. The van der Waals surface area contributed by atoms with Gasteiger partial charge in [0.1, 0.15) is 10.6 Å². The van der Waals surface area contributed by atoms with Gasteiger partial charge < -0.3 is 9.47 Å². The van der Waals surface area contributed by atoms with Gasteiger partial charge in [0.25, 0.3) is 5.91 Å². The molecule has 106 valence electrons. The maximum Gasteiger partial charge on any atom is 0.270 e. The lowest BCUT2D eigenvalue weighted by atomic mass is 10.3. The number of nitrogens with zero attached hydrogens (tertiary/aromatic N) is 2. The number of hydrogen-bond acceptors (Lipinski definition) is 3. The van der Waals surface area contributed by atoms with Crippen LogP contribution in [0.5, 0.6) is 0 Å². The SMILES string of the molecule is CCN(CC)C(=O)c1cc(S(N)(=O)=O)cn1C1CC1. The van der Waals surface area contributed by atoms with E-state index in [1.54, 1.807) is 9.47 Å². The summed E-state index contributed by atoms with van der Waals surface area (Å²) >= 11 is 0. The molecule has 0 unspecified atom stereocenters. The van der Waals surface area contributed by atoms with Gasteiger partial charge in [-0.25, -0.2) is 13.6 Å². The Hall–Kier alpha value is -1.34. The molecule has 0 bridgehead atoms. The first-order valence-electron chi connectivity index (χ1n) is 6.42. The fourth-order valence-electron chi connectivity index (χ4n) is 2.11. The van der Waals surface area contributed by atoms with Crippen molar-refractivity contribution >= 4 is 15.9 Å². The summed E-state index contributed by atoms with van der Waals surface area (Å²) in [4.78, 5) is 14.0. The van der Waals surface area contributed by atoms with Crippen molar-refractivity contribution in [2.75, 3.05) is 13.1 Å². The van der Waals surface area contributed by atoms with E-state index in [1.165, 1.54) is 12.3 Å². The molecule has 2 N–H and O–H groups in total. The van der Waals surface area contributed by atoms with Gasteiger partial charge in [0.15, 0.2) is 0 Å². The van der Waals surface area contributed by atoms with Crippen molar-refractivity contribution in [3.8, 4) is 0 Å². The first-order valence-corrected chi connectivity index (χ1v) is 7.97. The lowest BCUT2D eigenvalue weighted by molar-refractivity contribution is 0.0762. The van der Waals surface area contributed by atoms with Crippen molar-refractivity contribution in [2.45, 2.75) is 37.6 Å². The van der Waals surface area contributed by atoms with E-state index in [-0.39, 0.29) is 16.8 Å². The highest BCUT2D eigenvalue weighted by Crippen LogP contribution is 2.37. The number of primary sulfonamides is 1. The highest BCUT2D eigenvalue weighted by atomic mass is 32.2. The van der Waals surface area contributed by atoms with Gasteiger partial charge in [0, 0.05) is 25.3 Å². The van der Waals surface area contributed by atoms with E-state index in [9.17, 15) is 13.2 Å². The number of sulfonamides is 1. The molecule has 2 rings (SSSR count). The molecule has 1 amide bonds. The molecular weight excluding hydrogens is 266 g/mol. The van der Waals surface area contributed by atoms with E-state index in [4.69, 9.17) is 5.14 Å². The molecule has 1 saturated carbocycles. The van der Waals surface area contributed by atoms with Crippen LogP contribution in [0.4, 0.5) is 0 Å². The quantitative estimate of drug-likeness (QED) is 0.874. The van der Waals surface area contributed by atoms with Gasteiger partial charge in [-0.05, 0) is 32.8 Å². The summed E-state index contributed by atoms with van der Waals surface area (Å²) in [7, 11) is -3.77. The van der Waals surface area contributed by atoms with Crippen molar-refractivity contribution in [1.82, 2.24) is 9.47 Å². The third-order valence-corrected chi connectivity index (χ3v) is 4.24. The lowest BCUT2D eigenvalue weighted by Crippen LogP contribution is -2.31. The van der Waals surface area contributed by atoms with Crippen molar-refractivity contribution < 1.29 is 13.2 Å². The Morgan fingerprint density at radius 3 is 2.42 bits per heavy atom. The molecule has 0 aliphatic heterocycles. The molecule has 1 aromatic heterocycles. The van der Waals surface area contributed by atoms with Crippen molar-refractivity contribution in [1.29, 1.82) is 0 Å². The van der Waals surface area contributed by atoms with E-state index in [0.717, 1.165) is 12.8 Å². The second kappa shape index (κ2) is 4.97. The highest BCUT2D eigenvalue weighted by molar-refractivity contribution is 7.89. The van der Waals surface area contributed by atoms with Crippen LogP contribution < -0.4 is 5.14 Å². The first kappa shape index (κ1) is 14.1. The molecule has 1 aromatic rings. The second-order valence-electron chi connectivity index (χ2n) is 4.72. The van der Waals surface area contributed by atoms with Crippen LogP contribution in [0.3, 0.4) is 0 Å². The monoisotopic (exact) mass is 285 g/mol. The molecule has 0 saturated heterocycles. The van der Waals surface area contributed by atoms with Gasteiger partial charge in [0.05, 0.1) is 0 Å². The van der Waals surface area contributed by atoms with Crippen LogP contribution in [0.2, 0.25) is 0 Å². The smallest absolute Gasteiger partial charge is 0.270 e. The summed E-state index contributed by atoms with van der Waals surface area (Å²) in [5.74, 6) is -0.146. The summed E-state index contributed by atoms with van der Waals surface area (Å²) in [6, 6.07) is 1.61. The van der Waals surface area contributed by atoms with E-state index in [2.05, 4.69) is 0 Å². The maximum absolute atomic E-state index is 12.4. The number of carbonyl (C=O) groups is 1. The van der Waals surface area contributed by atoms with Crippen LogP contribution in [-0.4, -0.2) is 36.9 Å². The van der Waals surface area contributed by atoms with Crippen LogP contribution in [0, 0.1) is 0 Å². The molecule has 19 heavy (non-hydrogen) atoms. The summed E-state index contributed by atoms with van der Waals surface area (Å²) in [5, 5.41) is 5.13. The average molecular weight is 285 g/mol. The summed E-state index contributed by atoms with van der Waals surface area (Å²) in [5.41, 5.74) is 0.412. The largest absolute Gasteiger partial charge is 0.339 e. The zero-order valence-electron chi connectivity index (χ0n) is 11.2. The van der Waals surface area contributed by atoms with Crippen LogP contribution in [0.25, 0.3) is 0 Å². The molecule has 0 radical (unpaired) electrons. The standard InChI is InChI=1S/C12H19N3O3S/c1-3-14(4-2)12(16)11-7-10(19(13,17)18)8-15(11)9-5-6-9/h7-9H,3-6H2,1-2H3,(H2,13,17,18). The maximum atomic E-state index is 12.4. The zero-order chi connectivity index (χ0) is 14.2. The Morgan fingerprint density at radius 1 is 1.42 bits per heavy atom. The van der Waals surface area contributed by atoms with Gasteiger partial charge in [-0.1, -0.05) is 0 Å². The van der Waals surface area contributed by atoms with Crippen LogP contribution >= 0.6 is 0 Å². The highest BCUT2D eigenvalue weighted by Gasteiger charge is 2.30. The van der Waals surface area contributed by atoms with E-state index >= 15 is 0 Å². The van der Waals surface area contributed by atoms with Crippen molar-refractivity contribution in [3.63, 3.8) is 0 Å². The Labute approximate surface area is 113 Å². The number of nitrogens with two attached hydrogens (primary N) is 1. The van der Waals surface area contributed by atoms with Gasteiger partial charge in [-0.3, -0.25) is 4.79 Å². The van der Waals surface area contributed by atoms with E-state index < -0.39 is 10.0 Å². The number of rotatable bonds is 5. The Bertz CT molecular complexity index is 583. The topological polar surface area (TPSA) is 85.4 Å². The summed E-state index contributed by atoms with van der Waals surface area (Å²) in [6.45, 7) is 4.98. The predicted octanol–water partition coefficient (Wildman–Crippen LogP) is 0.952. The lowest BCUT2D eigenvalue weighted by Gasteiger charge is -2.19. The number of carbonyl (C=O) groups excluding carboxylic acids is 1. The van der Waals surface area contributed by atoms with Gasteiger partial charge in [0.2, 0.25) is 10.0 Å². The molecule has 1 fully saturated rings. The van der Waals surface area contributed by atoms with E-state index in [1.807, 2.05) is 13.8 Å². The zero-order valence-corrected chi connectivity index (χ0v) is 12.0. The summed E-state index contributed by atoms with van der Waals surface area (Å²) in [6.07, 6.45) is 3.41. The minimum Gasteiger partial charge on any atom is -0.339 e. The van der Waals surface area contributed by atoms with Crippen molar-refractivity contribution in [2.24, 2.45) is 5.14 Å². The van der Waals surface area contributed by atoms with Crippen molar-refractivity contribution in [3.05, 3.63) is 18.0 Å². The molecule has 1 aliphatic rings. The molecule has 7 heteroatoms. The van der Waals surface area contributed by atoms with Crippen LogP contribution in [0.1, 0.15) is 43.2 Å². The fraction of sp³-hybridized carbons (Fsp3) is 0.583. The minimum atomic E-state index is -3.77. The molecule has 0 spiro atoms. The van der Waals surface area contributed by atoms with Crippen LogP contribution in [0.15, 0.2) is 17.2 Å². The second-order valence-corrected chi connectivity index (χ2v) is 6.28. The average Bonchev–Trinajstić information content (AvgIpc) is 3.07. The third-order valence-electron chi connectivity index (χ3n) is 3.36. The molecular formula is C12H19N3O3S. The van der Waals surface area contributed by atoms with E-state index in [0.29, 0.717) is 18.8 Å². The normalized spacial score (nSPS) is 15.5. The number of amides is 1. The fourth-order valence-corrected chi connectivity index (χ4v) is 2.64. The Balaban J connectivity index is 2.43. The minimum absolute atomic E-state index is 0.00917. The predicted molar refractivity (Wildman–Crippen MR) is 71.3 cm³/mol. The third kappa shape index (κ3) is 2.82. The molecule has 0 aromatic carbocycles. The summed E-state index contributed by atoms with van der Waals surface area (Å²) < 4.78 is 24.6. The van der Waals surface area contributed by atoms with Gasteiger partial charge in [-0.2, -0.15) is 0 Å².